The molecule has 0 aliphatic rings. The summed E-state index contributed by atoms with van der Waals surface area (Å²) in [5.74, 6) is 0.605. The molecule has 0 aromatic carbocycles. The first-order chi connectivity index (χ1) is 7.38. The van der Waals surface area contributed by atoms with E-state index >= 15 is 0 Å². The van der Waals surface area contributed by atoms with Crippen LogP contribution in [0.2, 0.25) is 0 Å². The average Bonchev–Trinajstić information content (AvgIpc) is 2.14. The van der Waals surface area contributed by atoms with E-state index < -0.39 is 11.7 Å². The van der Waals surface area contributed by atoms with Crippen LogP contribution in [0.3, 0.4) is 0 Å². The Labute approximate surface area is 95.2 Å². The fraction of sp³-hybridized carbons (Fsp3) is 0.455. The summed E-state index contributed by atoms with van der Waals surface area (Å²) < 4.78 is 5.06. The van der Waals surface area contributed by atoms with Crippen molar-refractivity contribution < 1.29 is 9.53 Å². The highest BCUT2D eigenvalue weighted by Gasteiger charge is 2.15. The van der Waals surface area contributed by atoms with E-state index in [1.165, 1.54) is 0 Å². The van der Waals surface area contributed by atoms with Crippen molar-refractivity contribution in [3.05, 3.63) is 23.9 Å². The number of pyridine rings is 1. The van der Waals surface area contributed by atoms with Gasteiger partial charge in [-0.25, -0.2) is 15.2 Å². The van der Waals surface area contributed by atoms with E-state index in [0.29, 0.717) is 5.82 Å². The van der Waals surface area contributed by atoms with E-state index in [9.17, 15) is 4.79 Å². The number of hydrazine groups is 1. The van der Waals surface area contributed by atoms with Gasteiger partial charge in [0.15, 0.2) is 0 Å². The van der Waals surface area contributed by atoms with Crippen molar-refractivity contribution in [1.82, 2.24) is 10.4 Å². The molecule has 1 rings (SSSR count). The number of carbonyl (C=O) groups excluding carboxylic acids is 1. The van der Waals surface area contributed by atoms with Gasteiger partial charge in [0.05, 0.1) is 0 Å². The molecule has 5 heteroatoms. The third-order valence-corrected chi connectivity index (χ3v) is 1.69. The first-order valence-corrected chi connectivity index (χ1v) is 5.05. The molecule has 0 spiro atoms. The molecule has 0 fully saturated rings. The number of aromatic nitrogens is 1. The predicted octanol–water partition coefficient (Wildman–Crippen LogP) is 2.24. The van der Waals surface area contributed by atoms with Gasteiger partial charge in [0.2, 0.25) is 0 Å². The molecular formula is C11H17N3O2. The zero-order chi connectivity index (χ0) is 12.2. The Kier molecular flexibility index (Phi) is 3.71. The van der Waals surface area contributed by atoms with Crippen molar-refractivity contribution >= 4 is 11.9 Å². The second-order valence-electron chi connectivity index (χ2n) is 4.42. The van der Waals surface area contributed by atoms with Crippen molar-refractivity contribution in [2.75, 3.05) is 5.43 Å². The van der Waals surface area contributed by atoms with Crippen LogP contribution < -0.4 is 10.9 Å². The van der Waals surface area contributed by atoms with Gasteiger partial charge in [-0.3, -0.25) is 5.43 Å². The van der Waals surface area contributed by atoms with Gasteiger partial charge in [-0.05, 0) is 39.3 Å². The molecule has 0 aliphatic carbocycles. The number of nitrogens with zero attached hydrogens (tertiary/aromatic N) is 1. The van der Waals surface area contributed by atoms with Crippen LogP contribution in [-0.2, 0) is 4.74 Å². The van der Waals surface area contributed by atoms with Crippen LogP contribution >= 0.6 is 0 Å². The summed E-state index contributed by atoms with van der Waals surface area (Å²) in [7, 11) is 0. The highest BCUT2D eigenvalue weighted by atomic mass is 16.6. The van der Waals surface area contributed by atoms with Crippen molar-refractivity contribution in [3.8, 4) is 0 Å². The smallest absolute Gasteiger partial charge is 0.426 e. The van der Waals surface area contributed by atoms with Crippen LogP contribution in [0.1, 0.15) is 26.3 Å². The van der Waals surface area contributed by atoms with Crippen LogP contribution in [0, 0.1) is 6.92 Å². The number of anilines is 1. The predicted molar refractivity (Wildman–Crippen MR) is 62.0 cm³/mol. The molecule has 1 aromatic heterocycles. The number of carbonyl (C=O) groups is 1. The molecule has 0 saturated heterocycles. The van der Waals surface area contributed by atoms with E-state index in [2.05, 4.69) is 15.8 Å². The fourth-order valence-electron chi connectivity index (χ4n) is 1.03. The summed E-state index contributed by atoms with van der Waals surface area (Å²) in [6.07, 6.45) is 1.11. The lowest BCUT2D eigenvalue weighted by atomic mass is 10.2. The van der Waals surface area contributed by atoms with Crippen molar-refractivity contribution in [1.29, 1.82) is 0 Å². The lowest BCUT2D eigenvalue weighted by Gasteiger charge is -2.20. The van der Waals surface area contributed by atoms with Gasteiger partial charge in [-0.15, -0.1) is 0 Å². The molecule has 0 atom stereocenters. The van der Waals surface area contributed by atoms with Crippen LogP contribution in [0.5, 0.6) is 0 Å². The quantitative estimate of drug-likeness (QED) is 0.755. The maximum atomic E-state index is 11.3. The SMILES string of the molecule is Cc1cccnc1NNC(=O)OC(C)(C)C. The summed E-state index contributed by atoms with van der Waals surface area (Å²) in [4.78, 5) is 15.4. The van der Waals surface area contributed by atoms with E-state index in [1.54, 1.807) is 27.0 Å². The van der Waals surface area contributed by atoms with Crippen LogP contribution in [-0.4, -0.2) is 16.7 Å². The number of rotatable bonds is 2. The zero-order valence-corrected chi connectivity index (χ0v) is 10.00. The molecule has 1 heterocycles. The number of amides is 1. The van der Waals surface area contributed by atoms with Gasteiger partial charge in [0.1, 0.15) is 11.4 Å². The minimum atomic E-state index is -0.530. The Morgan fingerprint density at radius 3 is 2.69 bits per heavy atom. The number of ether oxygens (including phenoxy) is 1. The molecule has 88 valence electrons. The molecule has 0 bridgehead atoms. The number of hydrogen-bond donors (Lipinski definition) is 2. The highest BCUT2D eigenvalue weighted by molar-refractivity contribution is 5.69. The van der Waals surface area contributed by atoms with Gasteiger partial charge < -0.3 is 4.74 Å². The Bertz CT molecular complexity index is 372. The topological polar surface area (TPSA) is 63.2 Å². The summed E-state index contributed by atoms with van der Waals surface area (Å²) in [5.41, 5.74) is 5.56. The van der Waals surface area contributed by atoms with Crippen molar-refractivity contribution in [2.24, 2.45) is 0 Å². The summed E-state index contributed by atoms with van der Waals surface area (Å²) in [6.45, 7) is 7.31. The van der Waals surface area contributed by atoms with Gasteiger partial charge in [0.25, 0.3) is 0 Å². The Balaban J connectivity index is 2.47. The monoisotopic (exact) mass is 223 g/mol. The molecule has 1 aromatic rings. The average molecular weight is 223 g/mol. The summed E-state index contributed by atoms with van der Waals surface area (Å²) in [6, 6.07) is 3.72. The molecule has 1 amide bonds. The Morgan fingerprint density at radius 2 is 2.12 bits per heavy atom. The zero-order valence-electron chi connectivity index (χ0n) is 10.00. The van der Waals surface area contributed by atoms with E-state index in [1.807, 2.05) is 19.1 Å². The second kappa shape index (κ2) is 4.83. The van der Waals surface area contributed by atoms with Gasteiger partial charge in [0, 0.05) is 6.20 Å². The third-order valence-electron chi connectivity index (χ3n) is 1.69. The van der Waals surface area contributed by atoms with Gasteiger partial charge >= 0.3 is 6.09 Å². The minimum Gasteiger partial charge on any atom is -0.443 e. The maximum Gasteiger partial charge on any atom is 0.426 e. The normalized spacial score (nSPS) is 10.8. The summed E-state index contributed by atoms with van der Waals surface area (Å²) >= 11 is 0. The van der Waals surface area contributed by atoms with Crippen LogP contribution in [0.15, 0.2) is 18.3 Å². The lowest BCUT2D eigenvalue weighted by molar-refractivity contribution is 0.0541. The molecule has 0 saturated carbocycles. The molecule has 16 heavy (non-hydrogen) atoms. The number of nitrogens with one attached hydrogen (secondary N) is 2. The van der Waals surface area contributed by atoms with E-state index in [0.717, 1.165) is 5.56 Å². The van der Waals surface area contributed by atoms with Gasteiger partial charge in [-0.2, -0.15) is 0 Å². The first-order valence-electron chi connectivity index (χ1n) is 5.05. The minimum absolute atomic E-state index is 0.509. The lowest BCUT2D eigenvalue weighted by Crippen LogP contribution is -2.36. The van der Waals surface area contributed by atoms with E-state index in [4.69, 9.17) is 4.74 Å². The summed E-state index contributed by atoms with van der Waals surface area (Å²) in [5, 5.41) is 0. The maximum absolute atomic E-state index is 11.3. The standard InChI is InChI=1S/C11H17N3O2/c1-8-6-5-7-12-9(8)13-14-10(15)16-11(2,3)4/h5-7H,1-4H3,(H,12,13)(H,14,15). The van der Waals surface area contributed by atoms with Crippen molar-refractivity contribution in [3.63, 3.8) is 0 Å². The van der Waals surface area contributed by atoms with Crippen molar-refractivity contribution in [2.45, 2.75) is 33.3 Å². The van der Waals surface area contributed by atoms with Crippen LogP contribution in [0.4, 0.5) is 10.6 Å². The molecule has 5 nitrogen and oxygen atoms in total. The second-order valence-corrected chi connectivity index (χ2v) is 4.42. The Hall–Kier alpha value is -1.78. The molecule has 0 aliphatic heterocycles. The van der Waals surface area contributed by atoms with E-state index in [-0.39, 0.29) is 0 Å². The molecule has 0 radical (unpaired) electrons. The molecule has 0 unspecified atom stereocenters. The van der Waals surface area contributed by atoms with Gasteiger partial charge in [-0.1, -0.05) is 6.07 Å². The number of aryl methyl sites for hydroxylation is 1. The molecule has 2 N–H and O–H groups in total. The third kappa shape index (κ3) is 4.16. The largest absolute Gasteiger partial charge is 0.443 e. The fourth-order valence-corrected chi connectivity index (χ4v) is 1.03. The molecular weight excluding hydrogens is 206 g/mol. The number of hydrogen-bond acceptors (Lipinski definition) is 4. The first kappa shape index (κ1) is 12.3. The van der Waals surface area contributed by atoms with Crippen LogP contribution in [0.25, 0.3) is 0 Å². The Morgan fingerprint density at radius 1 is 1.44 bits per heavy atom. The highest BCUT2D eigenvalue weighted by Crippen LogP contribution is 2.09.